The molecule has 0 aliphatic carbocycles. The van der Waals surface area contributed by atoms with Crippen LogP contribution in [0.2, 0.25) is 0 Å². The minimum Gasteiger partial charge on any atom is -0.407 e. The molecule has 0 unspecified atom stereocenters. The third-order valence-electron chi connectivity index (χ3n) is 4.48. The van der Waals surface area contributed by atoms with E-state index in [1.807, 2.05) is 18.2 Å². The second-order valence-corrected chi connectivity index (χ2v) is 6.19. The van der Waals surface area contributed by atoms with Crippen molar-refractivity contribution in [3.63, 3.8) is 0 Å². The summed E-state index contributed by atoms with van der Waals surface area (Å²) >= 11 is 0. The topological polar surface area (TPSA) is 82.1 Å². The van der Waals surface area contributed by atoms with Crippen molar-refractivity contribution in [2.45, 2.75) is 25.0 Å². The molecule has 7 heteroatoms. The number of amides is 2. The predicted molar refractivity (Wildman–Crippen MR) is 88.5 cm³/mol. The number of anilines is 1. The Morgan fingerprint density at radius 3 is 2.62 bits per heavy atom. The van der Waals surface area contributed by atoms with Crippen LogP contribution >= 0.6 is 0 Å². The molecule has 1 aromatic carbocycles. The van der Waals surface area contributed by atoms with E-state index in [1.165, 1.54) is 17.7 Å². The van der Waals surface area contributed by atoms with Gasteiger partial charge in [-0.25, -0.2) is 4.79 Å². The smallest absolute Gasteiger partial charge is 0.407 e. The lowest BCUT2D eigenvalue weighted by atomic mass is 10.2. The van der Waals surface area contributed by atoms with Gasteiger partial charge in [-0.1, -0.05) is 18.2 Å². The maximum atomic E-state index is 12.4. The summed E-state index contributed by atoms with van der Waals surface area (Å²) in [6.07, 6.45) is 1.67. The summed E-state index contributed by atoms with van der Waals surface area (Å²) < 4.78 is 5.02. The van der Waals surface area contributed by atoms with Crippen LogP contribution in [-0.4, -0.2) is 60.5 Å². The number of carbonyl (C=O) groups excluding carboxylic acids is 2. The van der Waals surface area contributed by atoms with Gasteiger partial charge in [-0.15, -0.1) is 0 Å². The monoisotopic (exact) mass is 333 g/mol. The maximum absolute atomic E-state index is 12.4. The van der Waals surface area contributed by atoms with Crippen molar-refractivity contribution in [1.29, 1.82) is 0 Å². The fourth-order valence-electron chi connectivity index (χ4n) is 3.14. The Bertz CT molecular complexity index is 589. The SMILES string of the molecule is O=C(NCCN1CCCC1)O[C@@]1(O)CCN(c2ccccc2)C1=O. The van der Waals surface area contributed by atoms with Gasteiger partial charge in [-0.05, 0) is 38.1 Å². The molecular formula is C17H23N3O4. The van der Waals surface area contributed by atoms with Gasteiger partial charge in [-0.2, -0.15) is 0 Å². The summed E-state index contributed by atoms with van der Waals surface area (Å²) in [4.78, 5) is 28.0. The first kappa shape index (κ1) is 16.7. The highest BCUT2D eigenvalue weighted by Crippen LogP contribution is 2.29. The maximum Gasteiger partial charge on any atom is 0.410 e. The number of hydrogen-bond acceptors (Lipinski definition) is 5. The highest BCUT2D eigenvalue weighted by Gasteiger charge is 2.49. The van der Waals surface area contributed by atoms with Gasteiger partial charge >= 0.3 is 6.09 Å². The van der Waals surface area contributed by atoms with Crippen LogP contribution in [0.1, 0.15) is 19.3 Å². The quantitative estimate of drug-likeness (QED) is 0.784. The standard InChI is InChI=1S/C17H23N3O4/c21-15-17(23,8-12-20(15)14-6-2-1-3-7-14)24-16(22)18-9-13-19-10-4-5-11-19/h1-3,6-7,23H,4-5,8-13H2,(H,18,22)/t17-/m0/s1. The first-order chi connectivity index (χ1) is 11.6. The van der Waals surface area contributed by atoms with Crippen molar-refractivity contribution in [1.82, 2.24) is 10.2 Å². The molecule has 0 radical (unpaired) electrons. The Kier molecular flexibility index (Phi) is 5.01. The van der Waals surface area contributed by atoms with E-state index in [1.54, 1.807) is 12.1 Å². The number of nitrogens with one attached hydrogen (secondary N) is 1. The molecule has 1 aromatic rings. The number of hydrogen-bond donors (Lipinski definition) is 2. The number of carbonyl (C=O) groups is 2. The van der Waals surface area contributed by atoms with Gasteiger partial charge in [0.15, 0.2) is 0 Å². The van der Waals surface area contributed by atoms with Crippen LogP contribution in [0.15, 0.2) is 30.3 Å². The van der Waals surface area contributed by atoms with Crippen molar-refractivity contribution < 1.29 is 19.4 Å². The van der Waals surface area contributed by atoms with Crippen LogP contribution in [0.4, 0.5) is 10.5 Å². The largest absolute Gasteiger partial charge is 0.410 e. The van der Waals surface area contributed by atoms with E-state index in [0.717, 1.165) is 19.6 Å². The number of rotatable bonds is 5. The lowest BCUT2D eigenvalue weighted by molar-refractivity contribution is -0.175. The first-order valence-electron chi connectivity index (χ1n) is 8.37. The van der Waals surface area contributed by atoms with Gasteiger partial charge in [0, 0.05) is 31.7 Å². The van der Waals surface area contributed by atoms with Gasteiger partial charge in [0.2, 0.25) is 0 Å². The van der Waals surface area contributed by atoms with E-state index in [9.17, 15) is 14.7 Å². The van der Waals surface area contributed by atoms with Crippen molar-refractivity contribution in [3.05, 3.63) is 30.3 Å². The van der Waals surface area contributed by atoms with Gasteiger partial charge in [0.25, 0.3) is 11.7 Å². The Labute approximate surface area is 141 Å². The Morgan fingerprint density at radius 1 is 1.21 bits per heavy atom. The lowest BCUT2D eigenvalue weighted by Crippen LogP contribution is -2.46. The molecule has 7 nitrogen and oxygen atoms in total. The van der Waals surface area contributed by atoms with Crippen LogP contribution in [0.5, 0.6) is 0 Å². The first-order valence-corrected chi connectivity index (χ1v) is 8.37. The molecule has 2 fully saturated rings. The number of nitrogens with zero attached hydrogens (tertiary/aromatic N) is 2. The molecule has 2 heterocycles. The van der Waals surface area contributed by atoms with Crippen LogP contribution in [0.3, 0.4) is 0 Å². The summed E-state index contributed by atoms with van der Waals surface area (Å²) in [5, 5.41) is 13.0. The molecule has 24 heavy (non-hydrogen) atoms. The molecule has 130 valence electrons. The number of likely N-dealkylation sites (tertiary alicyclic amines) is 1. The molecule has 2 amide bonds. The highest BCUT2D eigenvalue weighted by molar-refractivity contribution is 6.01. The molecule has 2 aliphatic rings. The molecular weight excluding hydrogens is 310 g/mol. The minimum atomic E-state index is -2.09. The van der Waals surface area contributed by atoms with Gasteiger partial charge in [-0.3, -0.25) is 4.79 Å². The van der Waals surface area contributed by atoms with Gasteiger partial charge < -0.3 is 25.0 Å². The van der Waals surface area contributed by atoms with Gasteiger partial charge in [0.1, 0.15) is 0 Å². The van der Waals surface area contributed by atoms with Crippen molar-refractivity contribution in [3.8, 4) is 0 Å². The molecule has 0 aromatic heterocycles. The molecule has 3 rings (SSSR count). The third kappa shape index (κ3) is 3.68. The van der Waals surface area contributed by atoms with Crippen molar-refractivity contribution in [2.24, 2.45) is 0 Å². The molecule has 2 N–H and O–H groups in total. The van der Waals surface area contributed by atoms with E-state index in [4.69, 9.17) is 4.74 Å². The zero-order valence-corrected chi connectivity index (χ0v) is 13.6. The van der Waals surface area contributed by atoms with E-state index in [-0.39, 0.29) is 6.42 Å². The zero-order chi connectivity index (χ0) is 17.0. The van der Waals surface area contributed by atoms with Crippen LogP contribution in [0.25, 0.3) is 0 Å². The minimum absolute atomic E-state index is 0.0558. The highest BCUT2D eigenvalue weighted by atomic mass is 16.7. The average molecular weight is 333 g/mol. The summed E-state index contributed by atoms with van der Waals surface area (Å²) in [5.41, 5.74) is 0.677. The number of benzene rings is 1. The molecule has 0 spiro atoms. The fourth-order valence-corrected chi connectivity index (χ4v) is 3.14. The second-order valence-electron chi connectivity index (χ2n) is 6.19. The van der Waals surface area contributed by atoms with E-state index in [0.29, 0.717) is 18.8 Å². The Morgan fingerprint density at radius 2 is 1.92 bits per heavy atom. The summed E-state index contributed by atoms with van der Waals surface area (Å²) in [6.45, 7) is 3.58. The van der Waals surface area contributed by atoms with Crippen LogP contribution < -0.4 is 10.2 Å². The van der Waals surface area contributed by atoms with E-state index < -0.39 is 17.8 Å². The van der Waals surface area contributed by atoms with Gasteiger partial charge in [0.05, 0.1) is 0 Å². The molecule has 2 saturated heterocycles. The molecule has 0 saturated carbocycles. The summed E-state index contributed by atoms with van der Waals surface area (Å²) in [5.74, 6) is -2.70. The number of alkyl carbamates (subject to hydrolysis) is 1. The number of para-hydroxylation sites is 1. The Hall–Kier alpha value is -2.12. The van der Waals surface area contributed by atoms with Crippen LogP contribution in [0, 0.1) is 0 Å². The second kappa shape index (κ2) is 7.19. The average Bonchev–Trinajstić information content (AvgIpc) is 3.18. The lowest BCUT2D eigenvalue weighted by Gasteiger charge is -2.23. The molecule has 2 aliphatic heterocycles. The predicted octanol–water partition coefficient (Wildman–Crippen LogP) is 0.934. The number of ether oxygens (including phenoxy) is 1. The molecule has 0 bridgehead atoms. The normalized spacial score (nSPS) is 24.4. The van der Waals surface area contributed by atoms with Crippen molar-refractivity contribution in [2.75, 3.05) is 37.6 Å². The van der Waals surface area contributed by atoms with E-state index >= 15 is 0 Å². The fraction of sp³-hybridized carbons (Fsp3) is 0.529. The van der Waals surface area contributed by atoms with Crippen LogP contribution in [-0.2, 0) is 9.53 Å². The summed E-state index contributed by atoms with van der Waals surface area (Å²) in [6, 6.07) is 9.03. The number of aliphatic hydroxyl groups is 1. The Balaban J connectivity index is 1.50. The van der Waals surface area contributed by atoms with E-state index in [2.05, 4.69) is 10.2 Å². The third-order valence-corrected chi connectivity index (χ3v) is 4.48. The molecule has 1 atom stereocenters. The zero-order valence-electron chi connectivity index (χ0n) is 13.6. The van der Waals surface area contributed by atoms with Crippen molar-refractivity contribution >= 4 is 17.7 Å². The summed E-state index contributed by atoms with van der Waals surface area (Å²) in [7, 11) is 0.